The van der Waals surface area contributed by atoms with E-state index in [9.17, 15) is 14.7 Å². The number of aliphatic carboxylic acids is 1. The van der Waals surface area contributed by atoms with Crippen molar-refractivity contribution in [2.45, 2.75) is 13.0 Å². The number of carboxylic acid groups (broad SMARTS) is 1. The fraction of sp³-hybridized carbons (Fsp3) is 0.118. The Morgan fingerprint density at radius 2 is 2.00 bits per heavy atom. The number of ketones is 1. The average molecular weight is 345 g/mol. The number of H-pyrrole nitrogens is 1. The molecule has 0 aliphatic carbocycles. The quantitative estimate of drug-likeness (QED) is 0.617. The number of aliphatic hydroxyl groups is 1. The zero-order chi connectivity index (χ0) is 17.3. The number of aliphatic hydroxyl groups excluding tert-OH is 1. The second-order valence-electron chi connectivity index (χ2n) is 5.28. The first-order valence-electron chi connectivity index (χ1n) is 7.12. The number of carbonyl (C=O) groups is 2. The highest BCUT2D eigenvalue weighted by Gasteiger charge is 2.22. The maximum atomic E-state index is 12.8. The van der Waals surface area contributed by atoms with Gasteiger partial charge in [-0.15, -0.1) is 0 Å². The summed E-state index contributed by atoms with van der Waals surface area (Å²) in [5.74, 6) is -1.48. The summed E-state index contributed by atoms with van der Waals surface area (Å²) in [5.41, 5.74) is 1.81. The van der Waals surface area contributed by atoms with Crippen LogP contribution < -0.4 is 0 Å². The Bertz CT molecular complexity index is 949. The molecule has 0 fully saturated rings. The smallest absolute Gasteiger partial charge is 0.307 e. The molecule has 0 saturated heterocycles. The van der Waals surface area contributed by atoms with Crippen molar-refractivity contribution in [3.05, 3.63) is 64.1 Å². The molecule has 2 aromatic heterocycles. The Morgan fingerprint density at radius 1 is 1.21 bits per heavy atom. The van der Waals surface area contributed by atoms with Gasteiger partial charge in [0, 0.05) is 27.7 Å². The van der Waals surface area contributed by atoms with E-state index in [0.29, 0.717) is 27.1 Å². The molecule has 0 radical (unpaired) electrons. The summed E-state index contributed by atoms with van der Waals surface area (Å²) < 4.78 is 0. The third kappa shape index (κ3) is 3.02. The molecule has 2 heterocycles. The Kier molecular flexibility index (Phi) is 4.33. The second kappa shape index (κ2) is 6.43. The van der Waals surface area contributed by atoms with Gasteiger partial charge in [0.2, 0.25) is 5.78 Å². The van der Waals surface area contributed by atoms with Crippen LogP contribution in [-0.2, 0) is 17.8 Å². The monoisotopic (exact) mass is 344 g/mol. The van der Waals surface area contributed by atoms with Crippen LogP contribution in [0.5, 0.6) is 0 Å². The van der Waals surface area contributed by atoms with Crippen LogP contribution in [0, 0.1) is 0 Å². The number of aromatic amines is 1. The van der Waals surface area contributed by atoms with E-state index in [1.54, 1.807) is 24.3 Å². The maximum Gasteiger partial charge on any atom is 0.307 e. The fourth-order valence-electron chi connectivity index (χ4n) is 2.58. The van der Waals surface area contributed by atoms with E-state index < -0.39 is 11.8 Å². The first-order valence-corrected chi connectivity index (χ1v) is 7.49. The second-order valence-corrected chi connectivity index (χ2v) is 5.71. The zero-order valence-corrected chi connectivity index (χ0v) is 13.2. The molecule has 0 aliphatic rings. The number of carboxylic acids is 1. The van der Waals surface area contributed by atoms with E-state index in [2.05, 4.69) is 9.97 Å². The van der Waals surface area contributed by atoms with Crippen LogP contribution in [0.3, 0.4) is 0 Å². The summed E-state index contributed by atoms with van der Waals surface area (Å²) in [6, 6.07) is 8.03. The van der Waals surface area contributed by atoms with E-state index in [4.69, 9.17) is 16.7 Å². The number of pyridine rings is 1. The lowest BCUT2D eigenvalue weighted by molar-refractivity contribution is -0.136. The number of rotatable bonds is 5. The molecule has 6 nitrogen and oxygen atoms in total. The Labute approximate surface area is 141 Å². The van der Waals surface area contributed by atoms with E-state index in [0.717, 1.165) is 0 Å². The minimum Gasteiger partial charge on any atom is -0.481 e. The molecule has 3 N–H and O–H groups in total. The molecule has 122 valence electrons. The normalized spacial score (nSPS) is 10.9. The Hall–Kier alpha value is -2.70. The Morgan fingerprint density at radius 3 is 2.71 bits per heavy atom. The van der Waals surface area contributed by atoms with Gasteiger partial charge in [0.1, 0.15) is 5.69 Å². The van der Waals surface area contributed by atoms with Gasteiger partial charge < -0.3 is 15.2 Å². The van der Waals surface area contributed by atoms with Gasteiger partial charge in [0.05, 0.1) is 18.7 Å². The number of halogens is 1. The van der Waals surface area contributed by atoms with Gasteiger partial charge in [-0.3, -0.25) is 14.6 Å². The highest BCUT2D eigenvalue weighted by molar-refractivity contribution is 6.31. The molecule has 0 bridgehead atoms. The topological polar surface area (TPSA) is 103 Å². The SMILES string of the molecule is O=C(O)Cc1c(C(=O)c2cc(CO)ccn2)[nH]c2cc(Cl)ccc12. The largest absolute Gasteiger partial charge is 0.481 e. The maximum absolute atomic E-state index is 12.8. The predicted octanol–water partition coefficient (Wildman–Crippen LogP) is 2.57. The minimum atomic E-state index is -1.04. The number of hydrogen-bond acceptors (Lipinski definition) is 4. The third-order valence-electron chi connectivity index (χ3n) is 3.66. The van der Waals surface area contributed by atoms with Crippen molar-refractivity contribution in [2.75, 3.05) is 0 Å². The van der Waals surface area contributed by atoms with Gasteiger partial charge in [-0.25, -0.2) is 0 Å². The predicted molar refractivity (Wildman–Crippen MR) is 88.2 cm³/mol. The molecule has 1 aromatic carbocycles. The third-order valence-corrected chi connectivity index (χ3v) is 3.90. The van der Waals surface area contributed by atoms with Crippen molar-refractivity contribution in [3.63, 3.8) is 0 Å². The van der Waals surface area contributed by atoms with Gasteiger partial charge in [-0.05, 0) is 29.8 Å². The summed E-state index contributed by atoms with van der Waals surface area (Å²) in [5, 5.41) is 19.5. The average Bonchev–Trinajstić information content (AvgIpc) is 2.91. The molecular formula is C17H13ClN2O4. The van der Waals surface area contributed by atoms with Crippen molar-refractivity contribution in [3.8, 4) is 0 Å². The molecular weight excluding hydrogens is 332 g/mol. The molecule has 3 rings (SSSR count). The fourth-order valence-corrected chi connectivity index (χ4v) is 2.75. The van der Waals surface area contributed by atoms with E-state index in [1.165, 1.54) is 12.3 Å². The van der Waals surface area contributed by atoms with E-state index >= 15 is 0 Å². The number of aromatic nitrogens is 2. The number of nitrogens with one attached hydrogen (secondary N) is 1. The van der Waals surface area contributed by atoms with Crippen LogP contribution in [0.1, 0.15) is 27.3 Å². The summed E-state index contributed by atoms with van der Waals surface area (Å²) in [6.07, 6.45) is 1.12. The van der Waals surface area contributed by atoms with E-state index in [1.807, 2.05) is 0 Å². The van der Waals surface area contributed by atoms with E-state index in [-0.39, 0.29) is 24.4 Å². The van der Waals surface area contributed by atoms with Crippen molar-refractivity contribution < 1.29 is 19.8 Å². The Balaban J connectivity index is 2.16. The summed E-state index contributed by atoms with van der Waals surface area (Å²) in [6.45, 7) is -0.215. The lowest BCUT2D eigenvalue weighted by Gasteiger charge is -2.03. The highest BCUT2D eigenvalue weighted by atomic mass is 35.5. The zero-order valence-electron chi connectivity index (χ0n) is 12.4. The summed E-state index contributed by atoms with van der Waals surface area (Å²) in [4.78, 5) is 30.9. The highest BCUT2D eigenvalue weighted by Crippen LogP contribution is 2.27. The van der Waals surface area contributed by atoms with Gasteiger partial charge in [0.25, 0.3) is 0 Å². The van der Waals surface area contributed by atoms with Crippen molar-refractivity contribution in [1.29, 1.82) is 0 Å². The van der Waals surface area contributed by atoms with Crippen LogP contribution in [0.15, 0.2) is 36.5 Å². The molecule has 3 aromatic rings. The number of fused-ring (bicyclic) bond motifs is 1. The van der Waals surface area contributed by atoms with Crippen LogP contribution >= 0.6 is 11.6 Å². The van der Waals surface area contributed by atoms with Crippen LogP contribution in [0.25, 0.3) is 10.9 Å². The molecule has 24 heavy (non-hydrogen) atoms. The molecule has 0 atom stereocenters. The molecule has 0 aliphatic heterocycles. The van der Waals surface area contributed by atoms with Crippen molar-refractivity contribution in [2.24, 2.45) is 0 Å². The van der Waals surface area contributed by atoms with Crippen LogP contribution in [0.2, 0.25) is 5.02 Å². The van der Waals surface area contributed by atoms with Gasteiger partial charge >= 0.3 is 5.97 Å². The lowest BCUT2D eigenvalue weighted by atomic mass is 10.0. The van der Waals surface area contributed by atoms with Gasteiger partial charge in [0.15, 0.2) is 0 Å². The summed E-state index contributed by atoms with van der Waals surface area (Å²) >= 11 is 5.96. The van der Waals surface area contributed by atoms with Crippen molar-refractivity contribution in [1.82, 2.24) is 9.97 Å². The standard InChI is InChI=1S/C17H13ClN2O4/c18-10-1-2-11-12(7-15(22)23)16(20-13(11)6-10)17(24)14-5-9(8-21)3-4-19-14/h1-6,20-21H,7-8H2,(H,22,23). The number of nitrogens with zero attached hydrogens (tertiary/aromatic N) is 1. The molecule has 7 heteroatoms. The number of benzene rings is 1. The van der Waals surface area contributed by atoms with Gasteiger partial charge in [-0.2, -0.15) is 0 Å². The van der Waals surface area contributed by atoms with Gasteiger partial charge in [-0.1, -0.05) is 17.7 Å². The molecule has 0 unspecified atom stereocenters. The molecule has 0 spiro atoms. The van der Waals surface area contributed by atoms with Crippen LogP contribution in [-0.4, -0.2) is 31.9 Å². The number of hydrogen-bond donors (Lipinski definition) is 3. The number of carbonyl (C=O) groups excluding carboxylic acids is 1. The summed E-state index contributed by atoms with van der Waals surface area (Å²) in [7, 11) is 0. The lowest BCUT2D eigenvalue weighted by Crippen LogP contribution is -2.10. The van der Waals surface area contributed by atoms with Crippen LogP contribution in [0.4, 0.5) is 0 Å². The first kappa shape index (κ1) is 16.2. The first-order chi connectivity index (χ1) is 11.5. The molecule has 0 amide bonds. The minimum absolute atomic E-state index is 0.130. The molecule has 0 saturated carbocycles. The van der Waals surface area contributed by atoms with Crippen molar-refractivity contribution >= 4 is 34.3 Å².